The lowest BCUT2D eigenvalue weighted by Gasteiger charge is -2.15. The Hall–Kier alpha value is -3.44. The van der Waals surface area contributed by atoms with Crippen LogP contribution in [0.25, 0.3) is 0 Å². The molecule has 0 rings (SSSR count). The van der Waals surface area contributed by atoms with Crippen LogP contribution in [-0.4, -0.2) is 36.4 Å². The predicted octanol–water partition coefficient (Wildman–Crippen LogP) is 12.3. The van der Waals surface area contributed by atoms with E-state index in [1.165, 1.54) is 51.4 Å². The Balaban J connectivity index is 3.66. The van der Waals surface area contributed by atoms with E-state index in [9.17, 15) is 14.7 Å². The summed E-state index contributed by atoms with van der Waals surface area (Å²) in [4.78, 5) is 24.2. The van der Waals surface area contributed by atoms with Crippen LogP contribution in [0.4, 0.5) is 0 Å². The number of hydrogen-bond acceptors (Lipinski definition) is 5. The van der Waals surface area contributed by atoms with E-state index in [0.717, 1.165) is 57.8 Å². The molecule has 0 saturated carbocycles. The summed E-state index contributed by atoms with van der Waals surface area (Å²) < 4.78 is 10.5. The molecule has 1 N–H and O–H groups in total. The molecule has 0 fully saturated rings. The summed E-state index contributed by atoms with van der Waals surface area (Å²) in [5.41, 5.74) is 0. The van der Waals surface area contributed by atoms with Gasteiger partial charge in [-0.05, 0) is 64.2 Å². The van der Waals surface area contributed by atoms with Crippen LogP contribution < -0.4 is 0 Å². The van der Waals surface area contributed by atoms with Crippen molar-refractivity contribution in [1.82, 2.24) is 0 Å². The molecule has 5 nitrogen and oxygen atoms in total. The van der Waals surface area contributed by atoms with E-state index in [1.54, 1.807) is 0 Å². The van der Waals surface area contributed by atoms with Crippen LogP contribution in [0.5, 0.6) is 0 Å². The van der Waals surface area contributed by atoms with Gasteiger partial charge in [-0.15, -0.1) is 0 Å². The highest BCUT2D eigenvalue weighted by Gasteiger charge is 2.16. The third-order valence-electron chi connectivity index (χ3n) is 7.69. The van der Waals surface area contributed by atoms with Gasteiger partial charge in [0, 0.05) is 12.8 Å². The number of aliphatic hydroxyl groups is 1. The average molecular weight is 691 g/mol. The summed E-state index contributed by atoms with van der Waals surface area (Å²) in [6.07, 6.45) is 57.3. The first-order chi connectivity index (χ1) is 24.6. The second-order valence-electron chi connectivity index (χ2n) is 12.4. The molecule has 0 aromatic carbocycles. The second-order valence-corrected chi connectivity index (χ2v) is 12.4. The van der Waals surface area contributed by atoms with Crippen molar-refractivity contribution in [2.24, 2.45) is 0 Å². The fourth-order valence-electron chi connectivity index (χ4n) is 4.81. The standard InChI is InChI=1S/C45H70O5/c1-3-5-7-9-11-13-15-17-18-19-20-21-22-23-24-25-26-28-30-32-34-36-38-40-45(48)50-43(41-46)42-49-44(47)39-37-35-33-31-29-27-16-14-12-10-8-6-4-2/h5-8,10-14,16-18,20-21,27,29,31,33,43,46H,3-4,9,15,19,22-26,28,30,32,34-42H2,1-2H3/b7-5+,8-6+,12-10+,13-11+,16-14+,18-17+,21-20+,29-27+,33-31+. The molecule has 0 spiro atoms. The third-order valence-corrected chi connectivity index (χ3v) is 7.69. The highest BCUT2D eigenvalue weighted by molar-refractivity contribution is 5.70. The summed E-state index contributed by atoms with van der Waals surface area (Å²) in [5.74, 6) is -0.695. The largest absolute Gasteiger partial charge is 0.462 e. The normalized spacial score (nSPS) is 13.4. The van der Waals surface area contributed by atoms with Gasteiger partial charge < -0.3 is 14.6 Å². The summed E-state index contributed by atoms with van der Waals surface area (Å²) in [6, 6.07) is 0. The van der Waals surface area contributed by atoms with Gasteiger partial charge in [0.05, 0.1) is 6.61 Å². The molecular formula is C45H70O5. The number of unbranched alkanes of at least 4 members (excludes halogenated alkanes) is 11. The summed E-state index contributed by atoms with van der Waals surface area (Å²) in [6.45, 7) is 3.79. The Kier molecular flexibility index (Phi) is 37.2. The van der Waals surface area contributed by atoms with Crippen LogP contribution in [0.2, 0.25) is 0 Å². The zero-order valence-corrected chi connectivity index (χ0v) is 31.6. The number of ether oxygens (including phenoxy) is 2. The van der Waals surface area contributed by atoms with Crippen LogP contribution >= 0.6 is 0 Å². The molecule has 1 atom stereocenters. The maximum absolute atomic E-state index is 12.2. The molecule has 0 aliphatic rings. The Morgan fingerprint density at radius 2 is 0.920 bits per heavy atom. The minimum absolute atomic E-state index is 0.112. The molecule has 0 heterocycles. The summed E-state index contributed by atoms with van der Waals surface area (Å²) in [7, 11) is 0. The second kappa shape index (κ2) is 40.0. The van der Waals surface area contributed by atoms with Crippen molar-refractivity contribution in [2.45, 2.75) is 148 Å². The topological polar surface area (TPSA) is 72.8 Å². The fourth-order valence-corrected chi connectivity index (χ4v) is 4.81. The maximum atomic E-state index is 12.2. The first-order valence-electron chi connectivity index (χ1n) is 19.5. The van der Waals surface area contributed by atoms with Gasteiger partial charge in [-0.1, -0.05) is 175 Å². The molecule has 0 bridgehead atoms. The molecule has 5 heteroatoms. The van der Waals surface area contributed by atoms with Crippen molar-refractivity contribution < 1.29 is 24.2 Å². The minimum atomic E-state index is -0.809. The summed E-state index contributed by atoms with van der Waals surface area (Å²) >= 11 is 0. The lowest BCUT2D eigenvalue weighted by molar-refractivity contribution is -0.161. The molecular weight excluding hydrogens is 620 g/mol. The Morgan fingerprint density at radius 3 is 1.48 bits per heavy atom. The van der Waals surface area contributed by atoms with Crippen molar-refractivity contribution in [3.05, 3.63) is 109 Å². The summed E-state index contributed by atoms with van der Waals surface area (Å²) in [5, 5.41) is 9.54. The molecule has 1 unspecified atom stereocenters. The van der Waals surface area contributed by atoms with Gasteiger partial charge in [0.2, 0.25) is 0 Å². The van der Waals surface area contributed by atoms with Gasteiger partial charge in [-0.25, -0.2) is 0 Å². The molecule has 0 radical (unpaired) electrons. The van der Waals surface area contributed by atoms with Gasteiger partial charge in [-0.2, -0.15) is 0 Å². The quantitative estimate of drug-likeness (QED) is 0.0321. The molecule has 50 heavy (non-hydrogen) atoms. The lowest BCUT2D eigenvalue weighted by atomic mass is 10.0. The third kappa shape index (κ3) is 37.4. The van der Waals surface area contributed by atoms with Gasteiger partial charge in [0.25, 0.3) is 0 Å². The Bertz CT molecular complexity index is 1050. The van der Waals surface area contributed by atoms with E-state index in [4.69, 9.17) is 9.47 Å². The van der Waals surface area contributed by atoms with E-state index in [0.29, 0.717) is 12.8 Å². The molecule has 0 aliphatic heterocycles. The number of carbonyl (C=O) groups excluding carboxylic acids is 2. The monoisotopic (exact) mass is 691 g/mol. The fraction of sp³-hybridized carbons (Fsp3) is 0.556. The number of carbonyl (C=O) groups is 2. The van der Waals surface area contributed by atoms with Crippen LogP contribution in [0.15, 0.2) is 109 Å². The number of aliphatic hydroxyl groups excluding tert-OH is 1. The molecule has 0 amide bonds. The van der Waals surface area contributed by atoms with E-state index in [-0.39, 0.29) is 31.6 Å². The van der Waals surface area contributed by atoms with Crippen LogP contribution in [-0.2, 0) is 19.1 Å². The molecule has 0 aromatic heterocycles. The van der Waals surface area contributed by atoms with E-state index < -0.39 is 6.10 Å². The first-order valence-corrected chi connectivity index (χ1v) is 19.5. The van der Waals surface area contributed by atoms with Crippen LogP contribution in [0.1, 0.15) is 142 Å². The predicted molar refractivity (Wildman–Crippen MR) is 214 cm³/mol. The zero-order valence-electron chi connectivity index (χ0n) is 31.6. The van der Waals surface area contributed by atoms with E-state index in [2.05, 4.69) is 68.5 Å². The minimum Gasteiger partial charge on any atom is -0.462 e. The lowest BCUT2D eigenvalue weighted by Crippen LogP contribution is -2.28. The van der Waals surface area contributed by atoms with Crippen LogP contribution in [0, 0.1) is 0 Å². The van der Waals surface area contributed by atoms with Crippen molar-refractivity contribution in [3.8, 4) is 0 Å². The van der Waals surface area contributed by atoms with Gasteiger partial charge in [-0.3, -0.25) is 9.59 Å². The zero-order chi connectivity index (χ0) is 36.4. The molecule has 0 aromatic rings. The number of esters is 2. The molecule has 0 saturated heterocycles. The number of hydrogen-bond donors (Lipinski definition) is 1. The SMILES string of the molecule is CC/C=C/C=C/C=C/C=C/C=C/CCCC(=O)OCC(CO)OC(=O)CCCCCCCCCCCC/C=C/C/C=C/C/C=C/C/C=C/CC. The average Bonchev–Trinajstić information content (AvgIpc) is 3.12. The highest BCUT2D eigenvalue weighted by Crippen LogP contribution is 2.13. The number of allylic oxidation sites excluding steroid dienone is 18. The molecule has 280 valence electrons. The smallest absolute Gasteiger partial charge is 0.306 e. The van der Waals surface area contributed by atoms with Gasteiger partial charge >= 0.3 is 11.9 Å². The van der Waals surface area contributed by atoms with Crippen molar-refractivity contribution >= 4 is 11.9 Å². The van der Waals surface area contributed by atoms with Gasteiger partial charge in [0.15, 0.2) is 6.10 Å². The van der Waals surface area contributed by atoms with E-state index >= 15 is 0 Å². The van der Waals surface area contributed by atoms with Crippen molar-refractivity contribution in [3.63, 3.8) is 0 Å². The number of rotatable bonds is 33. The van der Waals surface area contributed by atoms with E-state index in [1.807, 2.05) is 54.7 Å². The van der Waals surface area contributed by atoms with Gasteiger partial charge in [0.1, 0.15) is 6.61 Å². The first kappa shape index (κ1) is 46.6. The highest BCUT2D eigenvalue weighted by atomic mass is 16.6. The Labute approximate surface area is 306 Å². The molecule has 0 aliphatic carbocycles. The van der Waals surface area contributed by atoms with Crippen molar-refractivity contribution in [2.75, 3.05) is 13.2 Å². The Morgan fingerprint density at radius 1 is 0.480 bits per heavy atom. The van der Waals surface area contributed by atoms with Crippen molar-refractivity contribution in [1.29, 1.82) is 0 Å². The maximum Gasteiger partial charge on any atom is 0.306 e. The van der Waals surface area contributed by atoms with Crippen LogP contribution in [0.3, 0.4) is 0 Å².